The third-order valence-electron chi connectivity index (χ3n) is 4.15. The fraction of sp³-hybridized carbons (Fsp3) is 0.474. The maximum Gasteiger partial charge on any atom is 0.257 e. The Morgan fingerprint density at radius 3 is 2.62 bits per heavy atom. The summed E-state index contributed by atoms with van der Waals surface area (Å²) in [6.45, 7) is 5.46. The van der Waals surface area contributed by atoms with Crippen molar-refractivity contribution in [1.82, 2.24) is 15.2 Å². The smallest absolute Gasteiger partial charge is 0.257 e. The van der Waals surface area contributed by atoms with Crippen LogP contribution in [0.2, 0.25) is 0 Å². The Morgan fingerprint density at radius 1 is 1.35 bits per heavy atom. The number of hydrogen-bond donors (Lipinski definition) is 2. The monoisotopic (exact) mass is 377 g/mol. The SMILES string of the molecule is CNC(=O)COc1ccc(C(C)CN(C)CC(O)c2csc(C)n2)cc1. The largest absolute Gasteiger partial charge is 0.484 e. The molecule has 7 heteroatoms. The second-order valence-electron chi connectivity index (χ2n) is 6.46. The first-order valence-electron chi connectivity index (χ1n) is 8.61. The van der Waals surface area contributed by atoms with Crippen LogP contribution < -0.4 is 10.1 Å². The minimum absolute atomic E-state index is 0.0160. The fourth-order valence-corrected chi connectivity index (χ4v) is 3.34. The number of aliphatic hydroxyl groups excluding tert-OH is 1. The van der Waals surface area contributed by atoms with Gasteiger partial charge in [-0.25, -0.2) is 4.98 Å². The van der Waals surface area contributed by atoms with Crippen molar-refractivity contribution in [2.45, 2.75) is 25.9 Å². The molecular weight excluding hydrogens is 350 g/mol. The van der Waals surface area contributed by atoms with Crippen LogP contribution in [0.15, 0.2) is 29.6 Å². The second-order valence-corrected chi connectivity index (χ2v) is 7.52. The molecule has 0 aliphatic heterocycles. The van der Waals surface area contributed by atoms with E-state index in [1.165, 1.54) is 5.56 Å². The molecule has 0 spiro atoms. The molecule has 1 heterocycles. The number of aryl methyl sites for hydroxylation is 1. The van der Waals surface area contributed by atoms with E-state index in [0.717, 1.165) is 17.2 Å². The summed E-state index contributed by atoms with van der Waals surface area (Å²) in [5.41, 5.74) is 1.92. The molecule has 1 amide bonds. The van der Waals surface area contributed by atoms with E-state index >= 15 is 0 Å². The van der Waals surface area contributed by atoms with Crippen molar-refractivity contribution in [3.8, 4) is 5.75 Å². The zero-order valence-electron chi connectivity index (χ0n) is 15.7. The summed E-state index contributed by atoms with van der Waals surface area (Å²) in [5, 5.41) is 15.7. The van der Waals surface area contributed by atoms with Crippen LogP contribution in [0, 0.1) is 6.92 Å². The zero-order chi connectivity index (χ0) is 19.1. The van der Waals surface area contributed by atoms with Gasteiger partial charge in [-0.3, -0.25) is 4.79 Å². The molecule has 2 unspecified atom stereocenters. The minimum atomic E-state index is -0.572. The topological polar surface area (TPSA) is 74.7 Å². The number of aromatic nitrogens is 1. The van der Waals surface area contributed by atoms with Gasteiger partial charge in [-0.2, -0.15) is 0 Å². The molecule has 0 radical (unpaired) electrons. The van der Waals surface area contributed by atoms with Gasteiger partial charge >= 0.3 is 0 Å². The van der Waals surface area contributed by atoms with Gasteiger partial charge in [0.15, 0.2) is 6.61 Å². The van der Waals surface area contributed by atoms with Gasteiger partial charge in [0.05, 0.1) is 10.7 Å². The molecule has 1 aromatic heterocycles. The van der Waals surface area contributed by atoms with Crippen molar-refractivity contribution in [3.63, 3.8) is 0 Å². The Bertz CT molecular complexity index is 702. The van der Waals surface area contributed by atoms with Gasteiger partial charge in [0.1, 0.15) is 11.9 Å². The van der Waals surface area contributed by atoms with Crippen LogP contribution in [0.3, 0.4) is 0 Å². The van der Waals surface area contributed by atoms with Gasteiger partial charge in [-0.05, 0) is 37.6 Å². The Kier molecular flexibility index (Phi) is 7.56. The lowest BCUT2D eigenvalue weighted by Gasteiger charge is -2.23. The lowest BCUT2D eigenvalue weighted by Crippen LogP contribution is -2.28. The van der Waals surface area contributed by atoms with Crippen molar-refractivity contribution in [1.29, 1.82) is 0 Å². The zero-order valence-corrected chi connectivity index (χ0v) is 16.5. The van der Waals surface area contributed by atoms with E-state index in [0.29, 0.717) is 18.2 Å². The molecule has 0 aliphatic carbocycles. The van der Waals surface area contributed by atoms with Gasteiger partial charge in [0.2, 0.25) is 0 Å². The Labute approximate surface area is 158 Å². The number of amides is 1. The van der Waals surface area contributed by atoms with E-state index in [1.807, 2.05) is 43.6 Å². The van der Waals surface area contributed by atoms with Crippen LogP contribution in [-0.4, -0.2) is 54.7 Å². The Balaban J connectivity index is 1.84. The standard InChI is InChI=1S/C19H27N3O3S/c1-13(9-22(4)10-18(23)17-12-26-14(2)21-17)15-5-7-16(8-6-15)25-11-19(24)20-3/h5-8,12-13,18,23H,9-11H2,1-4H3,(H,20,24). The van der Waals surface area contributed by atoms with Crippen LogP contribution in [0.4, 0.5) is 0 Å². The molecule has 0 saturated carbocycles. The molecule has 2 N–H and O–H groups in total. The fourth-order valence-electron chi connectivity index (χ4n) is 2.68. The van der Waals surface area contributed by atoms with Crippen molar-refractivity contribution in [2.24, 2.45) is 0 Å². The molecule has 0 aliphatic rings. The van der Waals surface area contributed by atoms with E-state index in [-0.39, 0.29) is 12.5 Å². The summed E-state index contributed by atoms with van der Waals surface area (Å²) in [5.74, 6) is 0.822. The lowest BCUT2D eigenvalue weighted by molar-refractivity contribution is -0.122. The van der Waals surface area contributed by atoms with E-state index < -0.39 is 6.10 Å². The first-order chi connectivity index (χ1) is 12.4. The van der Waals surface area contributed by atoms with E-state index in [9.17, 15) is 9.90 Å². The van der Waals surface area contributed by atoms with Crippen molar-refractivity contribution >= 4 is 17.2 Å². The highest BCUT2D eigenvalue weighted by Crippen LogP contribution is 2.22. The van der Waals surface area contributed by atoms with Crippen molar-refractivity contribution < 1.29 is 14.6 Å². The molecule has 26 heavy (non-hydrogen) atoms. The van der Waals surface area contributed by atoms with Crippen LogP contribution in [0.5, 0.6) is 5.75 Å². The Morgan fingerprint density at radius 2 is 2.04 bits per heavy atom. The predicted molar refractivity (Wildman–Crippen MR) is 104 cm³/mol. The highest BCUT2D eigenvalue weighted by molar-refractivity contribution is 7.09. The van der Waals surface area contributed by atoms with E-state index in [1.54, 1.807) is 18.4 Å². The molecule has 142 valence electrons. The van der Waals surface area contributed by atoms with Gasteiger partial charge in [-0.1, -0.05) is 19.1 Å². The lowest BCUT2D eigenvalue weighted by atomic mass is 10.0. The summed E-state index contributed by atoms with van der Waals surface area (Å²) >= 11 is 1.55. The van der Waals surface area contributed by atoms with Crippen molar-refractivity contribution in [3.05, 3.63) is 45.9 Å². The highest BCUT2D eigenvalue weighted by atomic mass is 32.1. The summed E-state index contributed by atoms with van der Waals surface area (Å²) < 4.78 is 5.42. The summed E-state index contributed by atoms with van der Waals surface area (Å²) in [6, 6.07) is 7.78. The Hall–Kier alpha value is -1.96. The number of carbonyl (C=O) groups is 1. The minimum Gasteiger partial charge on any atom is -0.484 e. The maximum atomic E-state index is 11.2. The number of rotatable bonds is 9. The number of thiazole rings is 1. The van der Waals surface area contributed by atoms with E-state index in [4.69, 9.17) is 4.74 Å². The molecule has 2 rings (SSSR count). The van der Waals surface area contributed by atoms with E-state index in [2.05, 4.69) is 22.1 Å². The number of ether oxygens (including phenoxy) is 1. The third-order valence-corrected chi connectivity index (χ3v) is 4.94. The second kappa shape index (κ2) is 9.66. The average molecular weight is 378 g/mol. The third kappa shape index (κ3) is 6.09. The average Bonchev–Trinajstić information content (AvgIpc) is 3.06. The summed E-state index contributed by atoms with van der Waals surface area (Å²) in [7, 11) is 3.58. The molecule has 2 atom stereocenters. The normalized spacial score (nSPS) is 13.5. The highest BCUT2D eigenvalue weighted by Gasteiger charge is 2.16. The molecule has 0 fully saturated rings. The number of carbonyl (C=O) groups excluding carboxylic acids is 1. The first-order valence-corrected chi connectivity index (χ1v) is 9.49. The first kappa shape index (κ1) is 20.4. The summed E-state index contributed by atoms with van der Waals surface area (Å²) in [4.78, 5) is 17.7. The molecule has 0 saturated heterocycles. The molecule has 1 aromatic carbocycles. The number of aliphatic hydroxyl groups is 1. The molecular formula is C19H27N3O3S. The van der Waals surface area contributed by atoms with Crippen LogP contribution in [-0.2, 0) is 4.79 Å². The van der Waals surface area contributed by atoms with Crippen molar-refractivity contribution in [2.75, 3.05) is 33.8 Å². The van der Waals surface area contributed by atoms with Crippen LogP contribution in [0.1, 0.15) is 35.2 Å². The van der Waals surface area contributed by atoms with Gasteiger partial charge in [0, 0.05) is 25.5 Å². The maximum absolute atomic E-state index is 11.2. The quantitative estimate of drug-likeness (QED) is 0.702. The number of likely N-dealkylation sites (N-methyl/N-ethyl adjacent to an activating group) is 2. The van der Waals surface area contributed by atoms with Crippen LogP contribution >= 0.6 is 11.3 Å². The molecule has 0 bridgehead atoms. The predicted octanol–water partition coefficient (Wildman–Crippen LogP) is 2.35. The van der Waals surface area contributed by atoms with Crippen LogP contribution in [0.25, 0.3) is 0 Å². The summed E-state index contributed by atoms with van der Waals surface area (Å²) in [6.07, 6.45) is -0.572. The van der Waals surface area contributed by atoms with Gasteiger partial charge in [0.25, 0.3) is 5.91 Å². The number of benzene rings is 1. The van der Waals surface area contributed by atoms with Gasteiger partial charge < -0.3 is 20.1 Å². The molecule has 6 nitrogen and oxygen atoms in total. The van der Waals surface area contributed by atoms with Gasteiger partial charge in [-0.15, -0.1) is 11.3 Å². The number of nitrogens with zero attached hydrogens (tertiary/aromatic N) is 2. The number of hydrogen-bond acceptors (Lipinski definition) is 6. The number of nitrogens with one attached hydrogen (secondary N) is 1. The molecule has 2 aromatic rings.